The number of nitrogens with zero attached hydrogens (tertiary/aromatic N) is 5. The van der Waals surface area contributed by atoms with Gasteiger partial charge in [-0.2, -0.15) is 9.61 Å². The maximum Gasteiger partial charge on any atom is 0.407 e. The van der Waals surface area contributed by atoms with Crippen molar-refractivity contribution in [2.45, 2.75) is 37.5 Å². The molecule has 1 aromatic carbocycles. The Balaban J connectivity index is 1.28. The number of rotatable bonds is 6. The number of halogens is 2. The lowest BCUT2D eigenvalue weighted by atomic mass is 9.85. The number of nitrogens with two attached hydrogens (primary N) is 1. The van der Waals surface area contributed by atoms with Crippen LogP contribution in [0.5, 0.6) is 0 Å². The second-order valence-electron chi connectivity index (χ2n) is 11.3. The maximum absolute atomic E-state index is 15.4. The molecule has 2 aliphatic rings. The van der Waals surface area contributed by atoms with Gasteiger partial charge in [-0.05, 0) is 41.8 Å². The number of imidazole rings is 1. The number of ether oxygens (including phenoxy) is 2. The maximum atomic E-state index is 15.4. The summed E-state index contributed by atoms with van der Waals surface area (Å²) in [5.41, 5.74) is 7.07. The Morgan fingerprint density at radius 3 is 2.61 bits per heavy atom. The summed E-state index contributed by atoms with van der Waals surface area (Å²) in [5, 5.41) is 21.6. The van der Waals surface area contributed by atoms with E-state index in [1.807, 2.05) is 13.0 Å². The van der Waals surface area contributed by atoms with Gasteiger partial charge in [0.05, 0.1) is 59.3 Å². The van der Waals surface area contributed by atoms with Crippen molar-refractivity contribution in [3.05, 3.63) is 66.1 Å². The highest BCUT2D eigenvalue weighted by atomic mass is 19.1. The van der Waals surface area contributed by atoms with Gasteiger partial charge in [-0.3, -0.25) is 4.98 Å². The van der Waals surface area contributed by atoms with Crippen LogP contribution in [-0.2, 0) is 15.1 Å². The van der Waals surface area contributed by atoms with Crippen LogP contribution in [0.1, 0.15) is 25.3 Å². The van der Waals surface area contributed by atoms with E-state index in [0.29, 0.717) is 43.5 Å². The highest BCUT2D eigenvalue weighted by Crippen LogP contribution is 2.36. The topological polar surface area (TPSA) is 152 Å². The first-order valence-electron chi connectivity index (χ1n) is 14.4. The van der Waals surface area contributed by atoms with Crippen LogP contribution in [0.4, 0.5) is 30.9 Å². The van der Waals surface area contributed by atoms with E-state index in [1.165, 1.54) is 29.8 Å². The quantitative estimate of drug-likeness (QED) is 0.257. The minimum absolute atomic E-state index is 0.0127. The number of aliphatic hydroxyl groups is 1. The molecule has 5 heterocycles. The number of alkyl carbamates (subject to hydrolysis) is 1. The molecule has 4 aromatic rings. The van der Waals surface area contributed by atoms with Gasteiger partial charge in [-0.1, -0.05) is 6.92 Å². The molecule has 2 fully saturated rings. The third-order valence-corrected chi connectivity index (χ3v) is 8.41. The summed E-state index contributed by atoms with van der Waals surface area (Å²) in [6.07, 6.45) is 4.89. The van der Waals surface area contributed by atoms with Crippen LogP contribution in [0, 0.1) is 17.6 Å². The Morgan fingerprint density at radius 2 is 1.91 bits per heavy atom. The van der Waals surface area contributed by atoms with Crippen LogP contribution in [0.15, 0.2) is 48.9 Å². The van der Waals surface area contributed by atoms with E-state index in [4.69, 9.17) is 15.2 Å². The number of methoxy groups -OCH3 is 1. The number of pyridine rings is 1. The minimum Gasteiger partial charge on any atom is -0.453 e. The van der Waals surface area contributed by atoms with Crippen molar-refractivity contribution in [2.75, 3.05) is 43.6 Å². The van der Waals surface area contributed by atoms with Gasteiger partial charge in [0, 0.05) is 51.4 Å². The second-order valence-corrected chi connectivity index (χ2v) is 11.3. The largest absolute Gasteiger partial charge is 0.453 e. The highest BCUT2D eigenvalue weighted by molar-refractivity contribution is 5.74. The molecule has 2 aliphatic heterocycles. The fraction of sp³-hybridized carbons (Fsp3) is 0.400. The SMILES string of the molecule is COC(=O)NC1C(C)CN(c2ccncc2Nc2ncc3ccc(-c4c(F)cc(C5(O)CCOCC5)cc4F)nn23)CC1N. The van der Waals surface area contributed by atoms with E-state index in [1.54, 1.807) is 24.7 Å². The molecule has 0 saturated carbocycles. The number of carbonyl (C=O) groups is 1. The molecule has 0 bridgehead atoms. The lowest BCUT2D eigenvalue weighted by Gasteiger charge is -2.42. The van der Waals surface area contributed by atoms with Crippen molar-refractivity contribution in [2.24, 2.45) is 11.7 Å². The molecule has 0 aliphatic carbocycles. The first-order chi connectivity index (χ1) is 21.2. The Hall–Kier alpha value is -4.40. The van der Waals surface area contributed by atoms with Crippen LogP contribution in [0.25, 0.3) is 16.8 Å². The van der Waals surface area contributed by atoms with E-state index in [2.05, 4.69) is 30.6 Å². The molecule has 2 saturated heterocycles. The average molecular weight is 609 g/mol. The smallest absolute Gasteiger partial charge is 0.407 e. The molecule has 0 radical (unpaired) electrons. The number of carbonyl (C=O) groups excluding carboxylic acids is 1. The minimum atomic E-state index is -1.35. The Labute approximate surface area is 252 Å². The lowest BCUT2D eigenvalue weighted by molar-refractivity contribution is -0.0682. The average Bonchev–Trinajstić information content (AvgIpc) is 3.41. The van der Waals surface area contributed by atoms with Gasteiger partial charge in [0.2, 0.25) is 5.95 Å². The first kappa shape index (κ1) is 29.7. The zero-order valence-corrected chi connectivity index (χ0v) is 24.3. The number of hydrogen-bond donors (Lipinski definition) is 4. The van der Waals surface area contributed by atoms with Crippen molar-refractivity contribution in [1.29, 1.82) is 0 Å². The molecule has 44 heavy (non-hydrogen) atoms. The summed E-state index contributed by atoms with van der Waals surface area (Å²) >= 11 is 0. The van der Waals surface area contributed by atoms with Gasteiger partial charge in [-0.15, -0.1) is 0 Å². The summed E-state index contributed by atoms with van der Waals surface area (Å²) in [6, 6.07) is 6.76. The number of benzene rings is 1. The highest BCUT2D eigenvalue weighted by Gasteiger charge is 2.35. The van der Waals surface area contributed by atoms with Gasteiger partial charge in [0.15, 0.2) is 0 Å². The zero-order chi connectivity index (χ0) is 31.0. The predicted octanol–water partition coefficient (Wildman–Crippen LogP) is 3.32. The van der Waals surface area contributed by atoms with Crippen molar-refractivity contribution in [3.63, 3.8) is 0 Å². The third-order valence-electron chi connectivity index (χ3n) is 8.41. The van der Waals surface area contributed by atoms with Crippen LogP contribution in [0.3, 0.4) is 0 Å². The van der Waals surface area contributed by atoms with Crippen LogP contribution < -0.4 is 21.3 Å². The first-order valence-corrected chi connectivity index (χ1v) is 14.4. The van der Waals surface area contributed by atoms with Crippen LogP contribution in [0.2, 0.25) is 0 Å². The number of piperidine rings is 1. The number of fused-ring (bicyclic) bond motifs is 1. The Kier molecular flexibility index (Phi) is 8.05. The van der Waals surface area contributed by atoms with Gasteiger partial charge in [0.1, 0.15) is 11.6 Å². The zero-order valence-electron chi connectivity index (χ0n) is 24.3. The molecule has 6 rings (SSSR count). The molecule has 3 atom stereocenters. The second kappa shape index (κ2) is 11.9. The van der Waals surface area contributed by atoms with E-state index in [9.17, 15) is 9.90 Å². The van der Waals surface area contributed by atoms with Crippen LogP contribution >= 0.6 is 0 Å². The monoisotopic (exact) mass is 608 g/mol. The number of anilines is 3. The summed E-state index contributed by atoms with van der Waals surface area (Å²) in [5.74, 6) is -1.33. The number of amides is 1. The molecule has 3 unspecified atom stereocenters. The Morgan fingerprint density at radius 1 is 1.16 bits per heavy atom. The fourth-order valence-electron chi connectivity index (χ4n) is 6.03. The van der Waals surface area contributed by atoms with E-state index in [0.717, 1.165) is 5.69 Å². The van der Waals surface area contributed by atoms with Crippen molar-refractivity contribution < 1.29 is 28.2 Å². The predicted molar refractivity (Wildman–Crippen MR) is 158 cm³/mol. The summed E-state index contributed by atoms with van der Waals surface area (Å²) in [4.78, 5) is 22.6. The molecular weight excluding hydrogens is 574 g/mol. The summed E-state index contributed by atoms with van der Waals surface area (Å²) in [7, 11) is 1.31. The van der Waals surface area contributed by atoms with Crippen LogP contribution in [-0.4, -0.2) is 76.3 Å². The Bertz CT molecular complexity index is 1640. The van der Waals surface area contributed by atoms with Crippen molar-refractivity contribution in [1.82, 2.24) is 24.9 Å². The summed E-state index contributed by atoms with van der Waals surface area (Å²) in [6.45, 7) is 3.68. The van der Waals surface area contributed by atoms with E-state index in [-0.39, 0.29) is 47.7 Å². The van der Waals surface area contributed by atoms with Crippen molar-refractivity contribution >= 4 is 28.9 Å². The van der Waals surface area contributed by atoms with Gasteiger partial charge in [-0.25, -0.2) is 18.6 Å². The standard InChI is InChI=1S/C30H34F2N8O4/c1-17-15-39(16-22(33)27(17)37-29(41)43-2)25-5-8-34-14-24(25)36-28-35-13-19-3-4-23(38-40(19)28)26-20(31)11-18(12-21(26)32)30(42)6-9-44-10-7-30/h3-5,8,11-14,17,22,27,42H,6-7,9-10,15-16,33H2,1-2H3,(H,35,36)(H,37,41). The molecule has 12 nitrogen and oxygen atoms in total. The summed E-state index contributed by atoms with van der Waals surface area (Å²) < 4.78 is 42.3. The lowest BCUT2D eigenvalue weighted by Crippen LogP contribution is -2.62. The molecule has 0 spiro atoms. The molecule has 5 N–H and O–H groups in total. The fourth-order valence-corrected chi connectivity index (χ4v) is 6.03. The molecular formula is C30H34F2N8O4. The van der Waals surface area contributed by atoms with Gasteiger partial charge < -0.3 is 35.8 Å². The van der Waals surface area contributed by atoms with Gasteiger partial charge in [0.25, 0.3) is 0 Å². The normalized spacial score (nSPS) is 21.7. The molecule has 14 heteroatoms. The molecule has 1 amide bonds. The van der Waals surface area contributed by atoms with E-state index < -0.39 is 23.3 Å². The molecule has 232 valence electrons. The van der Waals surface area contributed by atoms with E-state index >= 15 is 8.78 Å². The molecule has 3 aromatic heterocycles. The number of nitrogens with one attached hydrogen (secondary N) is 2. The van der Waals surface area contributed by atoms with Crippen molar-refractivity contribution in [3.8, 4) is 11.3 Å². The van der Waals surface area contributed by atoms with Gasteiger partial charge >= 0.3 is 6.09 Å². The third kappa shape index (κ3) is 5.63. The number of hydrogen-bond acceptors (Lipinski definition) is 10. The number of aromatic nitrogens is 4.